The number of phenols is 1. The highest BCUT2D eigenvalue weighted by atomic mass is 19.1. The molecule has 1 N–H and O–H groups in total. The Morgan fingerprint density at radius 1 is 1.04 bits per heavy atom. The smallest absolute Gasteiger partial charge is 0.127 e. The van der Waals surface area contributed by atoms with Gasteiger partial charge in [-0.25, -0.2) is 4.39 Å². The highest BCUT2D eigenvalue weighted by molar-refractivity contribution is 5.28. The van der Waals surface area contributed by atoms with Crippen LogP contribution in [0.15, 0.2) is 18.2 Å². The molecule has 1 aromatic rings. The number of hydrogen-bond donors (Lipinski definition) is 1. The highest BCUT2D eigenvalue weighted by Gasteiger charge is 2.23. The lowest BCUT2D eigenvalue weighted by Gasteiger charge is -2.29. The first-order valence-corrected chi connectivity index (χ1v) is 9.29. The number of rotatable bonds is 6. The van der Waals surface area contributed by atoms with E-state index in [1.165, 1.54) is 63.9 Å². The summed E-state index contributed by atoms with van der Waals surface area (Å²) in [6.07, 6.45) is 12.8. The lowest BCUT2D eigenvalue weighted by atomic mass is 9.76. The topological polar surface area (TPSA) is 29.5 Å². The van der Waals surface area contributed by atoms with Gasteiger partial charge in [0, 0.05) is 12.7 Å². The fraction of sp³-hybridized carbons (Fsp3) is 0.700. The minimum atomic E-state index is -0.330. The van der Waals surface area contributed by atoms with Crippen LogP contribution in [0.1, 0.15) is 63.4 Å². The Morgan fingerprint density at radius 2 is 1.91 bits per heavy atom. The molecule has 0 amide bonds. The van der Waals surface area contributed by atoms with Crippen molar-refractivity contribution in [2.24, 2.45) is 11.8 Å². The third kappa shape index (κ3) is 5.20. The van der Waals surface area contributed by atoms with E-state index in [0.29, 0.717) is 12.0 Å². The van der Waals surface area contributed by atoms with Gasteiger partial charge in [-0.3, -0.25) is 0 Å². The molecular weight excluding hydrogens is 291 g/mol. The molecule has 23 heavy (non-hydrogen) atoms. The summed E-state index contributed by atoms with van der Waals surface area (Å²) in [6, 6.07) is 4.46. The molecule has 1 aromatic carbocycles. The van der Waals surface area contributed by atoms with Crippen LogP contribution in [0.2, 0.25) is 0 Å². The van der Waals surface area contributed by atoms with Crippen molar-refractivity contribution in [1.82, 2.24) is 0 Å². The van der Waals surface area contributed by atoms with E-state index in [-0.39, 0.29) is 11.6 Å². The zero-order valence-corrected chi connectivity index (χ0v) is 14.0. The largest absolute Gasteiger partial charge is 0.508 e. The van der Waals surface area contributed by atoms with E-state index in [4.69, 9.17) is 4.74 Å². The van der Waals surface area contributed by atoms with Crippen LogP contribution in [0.5, 0.6) is 5.75 Å². The summed E-state index contributed by atoms with van der Waals surface area (Å²) in [5.41, 5.74) is 0.938. The molecule has 3 heteroatoms. The van der Waals surface area contributed by atoms with E-state index in [1.54, 1.807) is 12.1 Å². The number of benzene rings is 1. The molecule has 1 aliphatic heterocycles. The minimum absolute atomic E-state index is 0.0453. The van der Waals surface area contributed by atoms with Gasteiger partial charge in [0.2, 0.25) is 0 Å². The molecule has 3 rings (SSSR count). The molecule has 2 fully saturated rings. The quantitative estimate of drug-likeness (QED) is 0.777. The molecule has 0 radical (unpaired) electrons. The van der Waals surface area contributed by atoms with Crippen molar-refractivity contribution < 1.29 is 14.2 Å². The fourth-order valence-electron chi connectivity index (χ4n) is 4.44. The predicted molar refractivity (Wildman–Crippen MR) is 90.0 cm³/mol. The van der Waals surface area contributed by atoms with Crippen LogP contribution in [-0.2, 0) is 11.2 Å². The second kappa shape index (κ2) is 8.14. The molecule has 0 spiro atoms. The first-order valence-electron chi connectivity index (χ1n) is 9.29. The number of halogens is 1. The van der Waals surface area contributed by atoms with Gasteiger partial charge in [-0.15, -0.1) is 0 Å². The molecule has 3 atom stereocenters. The van der Waals surface area contributed by atoms with Crippen molar-refractivity contribution in [1.29, 1.82) is 0 Å². The van der Waals surface area contributed by atoms with Crippen LogP contribution < -0.4 is 0 Å². The maximum atomic E-state index is 13.4. The third-order valence-electron chi connectivity index (χ3n) is 5.52. The van der Waals surface area contributed by atoms with Gasteiger partial charge in [0.25, 0.3) is 0 Å². The van der Waals surface area contributed by atoms with Crippen molar-refractivity contribution in [2.45, 2.75) is 70.3 Å². The zero-order chi connectivity index (χ0) is 16.1. The van der Waals surface area contributed by atoms with Crippen LogP contribution in [0.4, 0.5) is 4.39 Å². The lowest BCUT2D eigenvalue weighted by Crippen LogP contribution is -2.18. The average Bonchev–Trinajstić information content (AvgIpc) is 3.00. The van der Waals surface area contributed by atoms with Crippen LogP contribution in [0.3, 0.4) is 0 Å². The first-order chi connectivity index (χ1) is 11.2. The Morgan fingerprint density at radius 3 is 2.70 bits per heavy atom. The van der Waals surface area contributed by atoms with Crippen molar-refractivity contribution in [3.63, 3.8) is 0 Å². The Bertz CT molecular complexity index is 476. The third-order valence-corrected chi connectivity index (χ3v) is 5.52. The Hall–Kier alpha value is -1.09. The minimum Gasteiger partial charge on any atom is -0.508 e. The molecule has 1 saturated carbocycles. The maximum Gasteiger partial charge on any atom is 0.127 e. The summed E-state index contributed by atoms with van der Waals surface area (Å²) in [4.78, 5) is 0. The standard InChI is InChI=1S/C20H29FO2/c21-18-12-17(13-19(22)14-18)11-16-6-1-4-15(10-16)5-2-7-20-8-3-9-23-20/h12-16,20,22H,1-11H2. The average molecular weight is 320 g/mol. The monoisotopic (exact) mass is 320 g/mol. The molecule has 0 aromatic heterocycles. The van der Waals surface area contributed by atoms with Gasteiger partial charge in [-0.05, 0) is 61.6 Å². The molecule has 2 nitrogen and oxygen atoms in total. The van der Waals surface area contributed by atoms with Gasteiger partial charge in [-0.1, -0.05) is 32.1 Å². The molecule has 1 aliphatic carbocycles. The lowest BCUT2D eigenvalue weighted by molar-refractivity contribution is 0.0993. The van der Waals surface area contributed by atoms with Gasteiger partial charge < -0.3 is 9.84 Å². The normalized spacial score (nSPS) is 28.1. The van der Waals surface area contributed by atoms with E-state index in [2.05, 4.69) is 0 Å². The van der Waals surface area contributed by atoms with Crippen molar-refractivity contribution >= 4 is 0 Å². The van der Waals surface area contributed by atoms with Gasteiger partial charge in [-0.2, -0.15) is 0 Å². The van der Waals surface area contributed by atoms with Gasteiger partial charge in [0.1, 0.15) is 11.6 Å². The van der Waals surface area contributed by atoms with Gasteiger partial charge in [0.05, 0.1) is 6.10 Å². The summed E-state index contributed by atoms with van der Waals surface area (Å²) in [7, 11) is 0. The van der Waals surface area contributed by atoms with E-state index in [9.17, 15) is 9.50 Å². The molecule has 1 heterocycles. The van der Waals surface area contributed by atoms with Crippen LogP contribution in [-0.4, -0.2) is 17.8 Å². The summed E-state index contributed by atoms with van der Waals surface area (Å²) < 4.78 is 19.1. The van der Waals surface area contributed by atoms with Gasteiger partial charge in [0.15, 0.2) is 0 Å². The maximum absolute atomic E-state index is 13.4. The summed E-state index contributed by atoms with van der Waals surface area (Å²) >= 11 is 0. The molecule has 1 saturated heterocycles. The second-order valence-corrected chi connectivity index (χ2v) is 7.49. The fourth-order valence-corrected chi connectivity index (χ4v) is 4.44. The molecule has 0 bridgehead atoms. The highest BCUT2D eigenvalue weighted by Crippen LogP contribution is 2.35. The second-order valence-electron chi connectivity index (χ2n) is 7.49. The number of hydrogen-bond acceptors (Lipinski definition) is 2. The SMILES string of the molecule is Oc1cc(F)cc(CC2CCCC(CCCC3CCCO3)C2)c1. The zero-order valence-electron chi connectivity index (χ0n) is 14.0. The number of ether oxygens (including phenoxy) is 1. The van der Waals surface area contributed by atoms with Crippen LogP contribution >= 0.6 is 0 Å². The molecule has 3 unspecified atom stereocenters. The number of phenolic OH excluding ortho intramolecular Hbond substituents is 1. The van der Waals surface area contributed by atoms with Crippen LogP contribution in [0.25, 0.3) is 0 Å². The molecule has 2 aliphatic rings. The van der Waals surface area contributed by atoms with E-state index in [0.717, 1.165) is 24.5 Å². The Balaban J connectivity index is 1.43. The molecular formula is C20H29FO2. The first kappa shape index (κ1) is 16.8. The summed E-state index contributed by atoms with van der Waals surface area (Å²) in [5, 5.41) is 9.54. The van der Waals surface area contributed by atoms with E-state index >= 15 is 0 Å². The number of aromatic hydroxyl groups is 1. The van der Waals surface area contributed by atoms with Crippen molar-refractivity contribution in [3.05, 3.63) is 29.6 Å². The van der Waals surface area contributed by atoms with Crippen molar-refractivity contribution in [2.75, 3.05) is 6.61 Å². The molecule has 128 valence electrons. The van der Waals surface area contributed by atoms with Crippen LogP contribution in [0, 0.1) is 17.7 Å². The predicted octanol–water partition coefficient (Wildman–Crippen LogP) is 5.23. The van der Waals surface area contributed by atoms with E-state index < -0.39 is 0 Å². The Kier molecular flexibility index (Phi) is 5.93. The Labute approximate surface area is 139 Å². The van der Waals surface area contributed by atoms with Gasteiger partial charge >= 0.3 is 0 Å². The van der Waals surface area contributed by atoms with Crippen molar-refractivity contribution in [3.8, 4) is 5.75 Å². The summed E-state index contributed by atoms with van der Waals surface area (Å²) in [5.74, 6) is 1.17. The summed E-state index contributed by atoms with van der Waals surface area (Å²) in [6.45, 7) is 0.955. The van der Waals surface area contributed by atoms with E-state index in [1.807, 2.05) is 0 Å².